The van der Waals surface area contributed by atoms with Crippen LogP contribution in [0.4, 0.5) is 11.4 Å². The van der Waals surface area contributed by atoms with Crippen molar-refractivity contribution in [2.75, 3.05) is 18.5 Å². The molecule has 0 radical (unpaired) electrons. The average Bonchev–Trinajstić information content (AvgIpc) is 3.21. The molecule has 8 nitrogen and oxygen atoms in total. The molecule has 0 bridgehead atoms. The Morgan fingerprint density at radius 3 is 2.75 bits per heavy atom. The van der Waals surface area contributed by atoms with Gasteiger partial charge in [0.15, 0.2) is 5.11 Å². The molecule has 1 unspecified atom stereocenters. The van der Waals surface area contributed by atoms with Crippen LogP contribution in [0.2, 0.25) is 0 Å². The van der Waals surface area contributed by atoms with Crippen LogP contribution in [0.3, 0.4) is 0 Å². The van der Waals surface area contributed by atoms with Crippen LogP contribution in [0.15, 0.2) is 48.5 Å². The number of hydrogen-bond donors (Lipinski definition) is 2. The lowest BCUT2D eigenvalue weighted by Crippen LogP contribution is -2.34. The van der Waals surface area contributed by atoms with Crippen LogP contribution in [-0.2, 0) is 4.74 Å². The van der Waals surface area contributed by atoms with Gasteiger partial charge in [-0.15, -0.1) is 0 Å². The number of rotatable bonds is 6. The van der Waals surface area contributed by atoms with Gasteiger partial charge < -0.3 is 14.8 Å². The molecule has 1 aliphatic rings. The van der Waals surface area contributed by atoms with E-state index in [-0.39, 0.29) is 22.5 Å². The first-order valence-electron chi connectivity index (χ1n) is 8.72. The maximum atomic E-state index is 12.2. The van der Waals surface area contributed by atoms with Gasteiger partial charge in [0.2, 0.25) is 0 Å². The van der Waals surface area contributed by atoms with Gasteiger partial charge in [-0.05, 0) is 55.4 Å². The molecule has 3 rings (SSSR count). The number of anilines is 1. The van der Waals surface area contributed by atoms with Gasteiger partial charge in [0, 0.05) is 30.0 Å². The highest BCUT2D eigenvalue weighted by Crippen LogP contribution is 2.18. The highest BCUT2D eigenvalue weighted by molar-refractivity contribution is 7.80. The van der Waals surface area contributed by atoms with E-state index in [9.17, 15) is 14.9 Å². The highest BCUT2D eigenvalue weighted by Gasteiger charge is 2.16. The van der Waals surface area contributed by atoms with E-state index in [1.807, 2.05) is 0 Å². The molecule has 1 aliphatic heterocycles. The number of nitro groups is 1. The zero-order valence-electron chi connectivity index (χ0n) is 14.9. The number of carbonyl (C=O) groups is 1. The number of amides is 1. The number of hydrogen-bond acceptors (Lipinski definition) is 6. The van der Waals surface area contributed by atoms with Crippen molar-refractivity contribution in [3.63, 3.8) is 0 Å². The molecular formula is C19H19N3O5S. The lowest BCUT2D eigenvalue weighted by molar-refractivity contribution is -0.384. The molecule has 9 heteroatoms. The van der Waals surface area contributed by atoms with Crippen LogP contribution in [0.25, 0.3) is 0 Å². The topological polar surface area (TPSA) is 103 Å². The molecule has 1 fully saturated rings. The SMILES string of the molecule is O=C(NC(=S)Nc1ccc(OCC2CCCO2)cc1)c1cccc([N+](=O)[O-])c1. The third-order valence-corrected chi connectivity index (χ3v) is 4.32. The number of ether oxygens (including phenoxy) is 2. The molecule has 2 N–H and O–H groups in total. The molecule has 1 saturated heterocycles. The summed E-state index contributed by atoms with van der Waals surface area (Å²) in [6.07, 6.45) is 2.23. The van der Waals surface area contributed by atoms with Crippen molar-refractivity contribution in [2.24, 2.45) is 0 Å². The van der Waals surface area contributed by atoms with Crippen LogP contribution >= 0.6 is 12.2 Å². The normalized spacial score (nSPS) is 15.6. The molecule has 0 aliphatic carbocycles. The largest absolute Gasteiger partial charge is 0.491 e. The number of nitrogens with one attached hydrogen (secondary N) is 2. The van der Waals surface area contributed by atoms with Crippen molar-refractivity contribution in [1.82, 2.24) is 5.32 Å². The summed E-state index contributed by atoms with van der Waals surface area (Å²) in [5, 5.41) is 16.3. The molecule has 0 spiro atoms. The fourth-order valence-corrected chi connectivity index (χ4v) is 2.91. The number of nitro benzene ring substituents is 1. The Morgan fingerprint density at radius 1 is 1.29 bits per heavy atom. The molecule has 1 amide bonds. The zero-order valence-corrected chi connectivity index (χ0v) is 15.7. The lowest BCUT2D eigenvalue weighted by Gasteiger charge is -2.13. The van der Waals surface area contributed by atoms with Crippen molar-refractivity contribution in [2.45, 2.75) is 18.9 Å². The Labute approximate surface area is 167 Å². The fourth-order valence-electron chi connectivity index (χ4n) is 2.70. The van der Waals surface area contributed by atoms with Gasteiger partial charge in [0.05, 0.1) is 11.0 Å². The molecule has 0 aromatic heterocycles. The van der Waals surface area contributed by atoms with Crippen molar-refractivity contribution < 1.29 is 19.2 Å². The first-order valence-corrected chi connectivity index (χ1v) is 9.13. The first kappa shape index (κ1) is 19.7. The second-order valence-corrected chi connectivity index (χ2v) is 6.59. The zero-order chi connectivity index (χ0) is 19.9. The smallest absolute Gasteiger partial charge is 0.270 e. The van der Waals surface area contributed by atoms with Crippen LogP contribution in [0, 0.1) is 10.1 Å². The van der Waals surface area contributed by atoms with Gasteiger partial charge in [-0.3, -0.25) is 20.2 Å². The van der Waals surface area contributed by atoms with Gasteiger partial charge in [-0.25, -0.2) is 0 Å². The molecule has 0 saturated carbocycles. The molecule has 2 aromatic carbocycles. The monoisotopic (exact) mass is 401 g/mol. The quantitative estimate of drug-likeness (QED) is 0.435. The number of non-ortho nitro benzene ring substituents is 1. The third-order valence-electron chi connectivity index (χ3n) is 4.12. The van der Waals surface area contributed by atoms with Crippen molar-refractivity contribution in [1.29, 1.82) is 0 Å². The summed E-state index contributed by atoms with van der Waals surface area (Å²) >= 11 is 5.13. The summed E-state index contributed by atoms with van der Waals surface area (Å²) in [4.78, 5) is 22.4. The average molecular weight is 401 g/mol. The molecule has 28 heavy (non-hydrogen) atoms. The van der Waals surface area contributed by atoms with Crippen LogP contribution in [0.1, 0.15) is 23.2 Å². The van der Waals surface area contributed by atoms with E-state index in [2.05, 4.69) is 10.6 Å². The third kappa shape index (κ3) is 5.48. The summed E-state index contributed by atoms with van der Waals surface area (Å²) < 4.78 is 11.2. The van der Waals surface area contributed by atoms with E-state index in [1.165, 1.54) is 24.3 Å². The standard InChI is InChI=1S/C19H19N3O5S/c23-18(13-3-1-4-15(11-13)22(24)25)21-19(28)20-14-6-8-16(9-7-14)27-12-17-5-2-10-26-17/h1,3-4,6-9,11,17H,2,5,10,12H2,(H2,20,21,23,28). The summed E-state index contributed by atoms with van der Waals surface area (Å²) in [5.41, 5.74) is 0.662. The van der Waals surface area contributed by atoms with Crippen molar-refractivity contribution in [3.05, 3.63) is 64.2 Å². The molecular weight excluding hydrogens is 382 g/mol. The molecule has 146 valence electrons. The van der Waals surface area contributed by atoms with Gasteiger partial charge in [0.25, 0.3) is 11.6 Å². The van der Waals surface area contributed by atoms with E-state index in [4.69, 9.17) is 21.7 Å². The van der Waals surface area contributed by atoms with Crippen molar-refractivity contribution >= 4 is 34.6 Å². The minimum Gasteiger partial charge on any atom is -0.491 e. The van der Waals surface area contributed by atoms with E-state index in [0.29, 0.717) is 18.0 Å². The van der Waals surface area contributed by atoms with Crippen LogP contribution < -0.4 is 15.4 Å². The van der Waals surface area contributed by atoms with E-state index < -0.39 is 10.8 Å². The minimum atomic E-state index is -0.560. The predicted octanol–water partition coefficient (Wildman–Crippen LogP) is 3.28. The minimum absolute atomic E-state index is 0.0875. The van der Waals surface area contributed by atoms with Crippen molar-refractivity contribution in [3.8, 4) is 5.75 Å². The Balaban J connectivity index is 1.50. The van der Waals surface area contributed by atoms with E-state index >= 15 is 0 Å². The lowest BCUT2D eigenvalue weighted by atomic mass is 10.2. The Kier molecular flexibility index (Phi) is 6.51. The number of carbonyl (C=O) groups excluding carboxylic acids is 1. The summed E-state index contributed by atoms with van der Waals surface area (Å²) in [6.45, 7) is 1.31. The van der Waals surface area contributed by atoms with Gasteiger partial charge >= 0.3 is 0 Å². The van der Waals surface area contributed by atoms with E-state index in [1.54, 1.807) is 24.3 Å². The summed E-state index contributed by atoms with van der Waals surface area (Å²) in [7, 11) is 0. The number of thiocarbonyl (C=S) groups is 1. The van der Waals surface area contributed by atoms with Gasteiger partial charge in [-0.1, -0.05) is 6.07 Å². The maximum Gasteiger partial charge on any atom is 0.270 e. The van der Waals surface area contributed by atoms with E-state index in [0.717, 1.165) is 19.4 Å². The Morgan fingerprint density at radius 2 is 2.07 bits per heavy atom. The van der Waals surface area contributed by atoms with Crippen LogP contribution in [-0.4, -0.2) is 35.3 Å². The Hall–Kier alpha value is -3.04. The Bertz CT molecular complexity index is 866. The second kappa shape index (κ2) is 9.25. The fraction of sp³-hybridized carbons (Fsp3) is 0.263. The summed E-state index contributed by atoms with van der Waals surface area (Å²) in [5.74, 6) is 0.185. The predicted molar refractivity (Wildman–Crippen MR) is 108 cm³/mol. The molecule has 1 atom stereocenters. The highest BCUT2D eigenvalue weighted by atomic mass is 32.1. The maximum absolute atomic E-state index is 12.2. The van der Waals surface area contributed by atoms with Gasteiger partial charge in [-0.2, -0.15) is 0 Å². The molecule has 2 aromatic rings. The first-order chi connectivity index (χ1) is 13.5. The summed E-state index contributed by atoms with van der Waals surface area (Å²) in [6, 6.07) is 12.6. The van der Waals surface area contributed by atoms with Gasteiger partial charge in [0.1, 0.15) is 12.4 Å². The number of benzene rings is 2. The number of nitrogens with zero attached hydrogens (tertiary/aromatic N) is 1. The molecule has 1 heterocycles. The van der Waals surface area contributed by atoms with Crippen LogP contribution in [0.5, 0.6) is 5.75 Å². The second-order valence-electron chi connectivity index (χ2n) is 6.19.